The predicted molar refractivity (Wildman–Crippen MR) is 404 cm³/mol. The van der Waals surface area contributed by atoms with Crippen molar-refractivity contribution in [2.45, 2.75) is 427 Å². The van der Waals surface area contributed by atoms with Crippen molar-refractivity contribution < 1.29 is 80.2 Å². The average molecular weight is 1450 g/mol. The van der Waals surface area contributed by atoms with E-state index in [1.165, 1.54) is 205 Å². The Morgan fingerprint density at radius 2 is 0.485 bits per heavy atom. The van der Waals surface area contributed by atoms with Crippen molar-refractivity contribution in [1.82, 2.24) is 0 Å². The van der Waals surface area contributed by atoms with Gasteiger partial charge in [0, 0.05) is 25.7 Å². The van der Waals surface area contributed by atoms with Crippen molar-refractivity contribution in [3.63, 3.8) is 0 Å². The molecule has 5 unspecified atom stereocenters. The maximum Gasteiger partial charge on any atom is 0.472 e. The molecule has 0 aromatic carbocycles. The van der Waals surface area contributed by atoms with Gasteiger partial charge in [-0.05, 0) is 49.4 Å². The molecule has 0 amide bonds. The average Bonchev–Trinajstić information content (AvgIpc) is 1.16. The molecule has 0 aliphatic rings. The molecule has 0 aliphatic carbocycles. The van der Waals surface area contributed by atoms with Gasteiger partial charge in [0.05, 0.1) is 26.4 Å². The number of rotatable bonds is 77. The van der Waals surface area contributed by atoms with E-state index in [1.807, 2.05) is 0 Å². The van der Waals surface area contributed by atoms with Crippen LogP contribution >= 0.6 is 15.6 Å². The fourth-order valence-electron chi connectivity index (χ4n) is 12.2. The summed E-state index contributed by atoms with van der Waals surface area (Å²) in [5.74, 6) is 1.03. The zero-order valence-electron chi connectivity index (χ0n) is 65.1. The van der Waals surface area contributed by atoms with Crippen LogP contribution in [-0.4, -0.2) is 96.7 Å². The number of carbonyl (C=O) groups excluding carboxylic acids is 4. The molecule has 99 heavy (non-hydrogen) atoms. The second-order valence-electron chi connectivity index (χ2n) is 30.0. The molecule has 0 rings (SSSR count). The minimum absolute atomic E-state index is 0.104. The Morgan fingerprint density at radius 1 is 0.283 bits per heavy atom. The summed E-state index contributed by atoms with van der Waals surface area (Å²) < 4.78 is 68.6. The van der Waals surface area contributed by atoms with Crippen LogP contribution in [-0.2, 0) is 65.4 Å². The van der Waals surface area contributed by atoms with Crippen molar-refractivity contribution in [2.75, 3.05) is 39.6 Å². The van der Waals surface area contributed by atoms with Gasteiger partial charge in [0.1, 0.15) is 19.3 Å². The lowest BCUT2D eigenvalue weighted by Gasteiger charge is -2.21. The summed E-state index contributed by atoms with van der Waals surface area (Å²) in [6, 6.07) is 0. The molecule has 8 atom stereocenters. The van der Waals surface area contributed by atoms with E-state index >= 15 is 0 Å². The minimum Gasteiger partial charge on any atom is -0.462 e. The highest BCUT2D eigenvalue weighted by molar-refractivity contribution is 7.47. The number of ether oxygens (including phenoxy) is 4. The third kappa shape index (κ3) is 70.2. The molecule has 0 spiro atoms. The normalized spacial score (nSPS) is 14.9. The van der Waals surface area contributed by atoms with Gasteiger partial charge in [-0.3, -0.25) is 37.3 Å². The Labute approximate surface area is 607 Å². The largest absolute Gasteiger partial charge is 0.472 e. The second-order valence-corrected chi connectivity index (χ2v) is 32.9. The molecule has 17 nitrogen and oxygen atoms in total. The lowest BCUT2D eigenvalue weighted by Crippen LogP contribution is -2.30. The fourth-order valence-corrected chi connectivity index (χ4v) is 13.7. The SMILES string of the molecule is CCC(C)CCCCCCCCCCCCCCCCCCCCC(=O)OC[C@H](COP(=O)(O)OC[C@@H](O)COP(=O)(O)OC[C@@H](COC(=O)CCCCCCCCC(C)CC)OC(=O)CCCCCCCCCCC(C)CC)OC(=O)CCCCCCCCCCCCCCC(C)C. The predicted octanol–water partition coefficient (Wildman–Crippen LogP) is 23.6. The number of esters is 4. The van der Waals surface area contributed by atoms with Gasteiger partial charge >= 0.3 is 39.5 Å². The molecule has 0 bridgehead atoms. The molecule has 0 aromatic heterocycles. The monoisotopic (exact) mass is 1450 g/mol. The van der Waals surface area contributed by atoms with Crippen molar-refractivity contribution in [3.05, 3.63) is 0 Å². The third-order valence-electron chi connectivity index (χ3n) is 19.7. The van der Waals surface area contributed by atoms with Crippen LogP contribution in [0.5, 0.6) is 0 Å². The third-order valence-corrected chi connectivity index (χ3v) is 21.6. The van der Waals surface area contributed by atoms with E-state index in [0.29, 0.717) is 25.7 Å². The van der Waals surface area contributed by atoms with E-state index in [-0.39, 0.29) is 25.7 Å². The first kappa shape index (κ1) is 97.1. The standard InChI is InChI=1S/C80H156O17P2/c1-9-71(6)57-49-41-33-27-23-18-16-14-12-13-15-17-19-24-28-35-44-52-60-77(82)90-66-75(96-79(84)62-54-46-36-29-25-21-20-22-26-32-40-48-56-70(4)5)68-94-98(86,87)92-64-74(81)65-93-99(88,89)95-69-76(67-91-78(83)61-53-45-39-38-43-51-59-73(8)11-3)97-80(85)63-55-47-37-31-30-34-42-50-58-72(7)10-2/h70-76,81H,9-69H2,1-8H3,(H,86,87)(H,88,89)/t71?,72?,73?,74-,75-,76-/m1/s1. The highest BCUT2D eigenvalue weighted by Gasteiger charge is 2.30. The first-order valence-corrected chi connectivity index (χ1v) is 44.3. The lowest BCUT2D eigenvalue weighted by molar-refractivity contribution is -0.161. The first-order chi connectivity index (χ1) is 47.7. The smallest absolute Gasteiger partial charge is 0.462 e. The van der Waals surface area contributed by atoms with Gasteiger partial charge in [-0.25, -0.2) is 9.13 Å². The Balaban J connectivity index is 5.20. The number of phosphoric ester groups is 2. The number of carbonyl (C=O) groups is 4. The van der Waals surface area contributed by atoms with Gasteiger partial charge in [-0.1, -0.05) is 357 Å². The van der Waals surface area contributed by atoms with Crippen molar-refractivity contribution in [2.24, 2.45) is 23.7 Å². The topological polar surface area (TPSA) is 237 Å². The summed E-state index contributed by atoms with van der Waals surface area (Å²) in [5, 5.41) is 10.6. The number of hydrogen-bond donors (Lipinski definition) is 3. The molecular formula is C80H156O17P2. The van der Waals surface area contributed by atoms with Gasteiger partial charge in [-0.15, -0.1) is 0 Å². The number of aliphatic hydroxyl groups is 1. The highest BCUT2D eigenvalue weighted by Crippen LogP contribution is 2.45. The van der Waals surface area contributed by atoms with Crippen LogP contribution < -0.4 is 0 Å². The van der Waals surface area contributed by atoms with E-state index in [4.69, 9.17) is 37.0 Å². The molecule has 0 aromatic rings. The number of aliphatic hydroxyl groups excluding tert-OH is 1. The molecule has 0 saturated heterocycles. The van der Waals surface area contributed by atoms with Crippen molar-refractivity contribution >= 4 is 39.5 Å². The quantitative estimate of drug-likeness (QED) is 0.0222. The van der Waals surface area contributed by atoms with Crippen LogP contribution in [0, 0.1) is 23.7 Å². The zero-order chi connectivity index (χ0) is 73.1. The summed E-state index contributed by atoms with van der Waals surface area (Å²) in [4.78, 5) is 72.9. The second kappa shape index (κ2) is 69.1. The van der Waals surface area contributed by atoms with Gasteiger partial charge in [0.2, 0.25) is 0 Å². The molecule has 0 saturated carbocycles. The summed E-state index contributed by atoms with van der Waals surface area (Å²) in [5.41, 5.74) is 0. The highest BCUT2D eigenvalue weighted by atomic mass is 31.2. The van der Waals surface area contributed by atoms with Gasteiger partial charge < -0.3 is 33.8 Å². The van der Waals surface area contributed by atoms with Gasteiger partial charge in [0.25, 0.3) is 0 Å². The number of unbranched alkanes of at least 4 members (excludes halogenated alkanes) is 40. The molecule has 19 heteroatoms. The minimum atomic E-state index is -4.96. The van der Waals surface area contributed by atoms with Crippen LogP contribution in [0.4, 0.5) is 0 Å². The number of hydrogen-bond acceptors (Lipinski definition) is 15. The summed E-state index contributed by atoms with van der Waals surface area (Å²) in [6.07, 6.45) is 55.6. The Hall–Kier alpha value is -1.94. The van der Waals surface area contributed by atoms with Crippen LogP contribution in [0.1, 0.15) is 409 Å². The van der Waals surface area contributed by atoms with Crippen LogP contribution in [0.2, 0.25) is 0 Å². The summed E-state index contributed by atoms with van der Waals surface area (Å²) >= 11 is 0. The zero-order valence-corrected chi connectivity index (χ0v) is 66.9. The van der Waals surface area contributed by atoms with Crippen LogP contribution in [0.15, 0.2) is 0 Å². The summed E-state index contributed by atoms with van der Waals surface area (Å²) in [7, 11) is -9.92. The molecule has 3 N–H and O–H groups in total. The molecule has 0 fully saturated rings. The molecule has 588 valence electrons. The Morgan fingerprint density at radius 3 is 0.717 bits per heavy atom. The maximum absolute atomic E-state index is 13.1. The van der Waals surface area contributed by atoms with E-state index in [1.54, 1.807) is 0 Å². The molecular weight excluding hydrogens is 1290 g/mol. The molecule has 0 radical (unpaired) electrons. The van der Waals surface area contributed by atoms with Crippen LogP contribution in [0.3, 0.4) is 0 Å². The number of phosphoric acid groups is 2. The fraction of sp³-hybridized carbons (Fsp3) is 0.950. The molecule has 0 aliphatic heterocycles. The summed E-state index contributed by atoms with van der Waals surface area (Å²) in [6.45, 7) is 14.3. The van der Waals surface area contributed by atoms with Crippen molar-refractivity contribution in [1.29, 1.82) is 0 Å². The van der Waals surface area contributed by atoms with E-state index in [9.17, 15) is 43.2 Å². The van der Waals surface area contributed by atoms with Gasteiger partial charge in [0.15, 0.2) is 12.2 Å². The Bertz CT molecular complexity index is 1940. The molecule has 0 heterocycles. The van der Waals surface area contributed by atoms with Crippen LogP contribution in [0.25, 0.3) is 0 Å². The lowest BCUT2D eigenvalue weighted by atomic mass is 9.99. The first-order valence-electron chi connectivity index (χ1n) is 41.3. The van der Waals surface area contributed by atoms with E-state index in [0.717, 1.165) is 120 Å². The van der Waals surface area contributed by atoms with Gasteiger partial charge in [-0.2, -0.15) is 0 Å². The Kier molecular flexibility index (Phi) is 67.8. The van der Waals surface area contributed by atoms with E-state index in [2.05, 4.69) is 55.4 Å². The maximum atomic E-state index is 13.1. The van der Waals surface area contributed by atoms with E-state index < -0.39 is 97.5 Å². The van der Waals surface area contributed by atoms with Crippen molar-refractivity contribution in [3.8, 4) is 0 Å².